The molecule has 1 nitrogen and oxygen atoms in total. The van der Waals surface area contributed by atoms with Crippen LogP contribution >= 0.6 is 0 Å². The summed E-state index contributed by atoms with van der Waals surface area (Å²) in [7, 11) is 0. The second-order valence-electron chi connectivity index (χ2n) is 19.2. The molecule has 1 saturated carbocycles. The first-order valence-electron chi connectivity index (χ1n) is 24.4. The SMILES string of the molecule is C=Cc1oc2ccc(C(C)C)cc2c1C=C.CCc1ccccc1C.Cc1ccc(C2CCCCC2)cc1.Cc1ccc2c(c1)C(C)(C)c1cc(C)c3ccccc3c1-2.Cc1ccccc1. The van der Waals surface area contributed by atoms with E-state index in [0.29, 0.717) is 5.92 Å². The van der Waals surface area contributed by atoms with Gasteiger partial charge in [-0.25, -0.2) is 0 Å². The lowest BCUT2D eigenvalue weighted by atomic mass is 9.81. The van der Waals surface area contributed by atoms with E-state index < -0.39 is 0 Å². The minimum atomic E-state index is 0.0888. The summed E-state index contributed by atoms with van der Waals surface area (Å²) in [6.07, 6.45) is 11.8. The highest BCUT2D eigenvalue weighted by atomic mass is 16.3. The number of hydrogen-bond donors (Lipinski definition) is 0. The second kappa shape index (κ2) is 22.8. The van der Waals surface area contributed by atoms with E-state index >= 15 is 0 Å². The smallest absolute Gasteiger partial charge is 0.135 e. The van der Waals surface area contributed by atoms with Crippen molar-refractivity contribution >= 4 is 33.9 Å². The van der Waals surface area contributed by atoms with Gasteiger partial charge in [-0.1, -0.05) is 223 Å². The molecule has 340 valence electrons. The summed E-state index contributed by atoms with van der Waals surface area (Å²) >= 11 is 0. The van der Waals surface area contributed by atoms with Crippen LogP contribution in [0.25, 0.3) is 45.0 Å². The van der Waals surface area contributed by atoms with Crippen molar-refractivity contribution in [3.8, 4) is 11.1 Å². The lowest BCUT2D eigenvalue weighted by Crippen LogP contribution is -2.15. The second-order valence-corrected chi connectivity index (χ2v) is 19.2. The Morgan fingerprint density at radius 3 is 1.80 bits per heavy atom. The van der Waals surface area contributed by atoms with Crippen LogP contribution in [-0.2, 0) is 11.8 Å². The summed E-state index contributed by atoms with van der Waals surface area (Å²) < 4.78 is 5.68. The van der Waals surface area contributed by atoms with Gasteiger partial charge < -0.3 is 4.42 Å². The summed E-state index contributed by atoms with van der Waals surface area (Å²) in [6.45, 7) is 29.6. The van der Waals surface area contributed by atoms with Gasteiger partial charge in [-0.15, -0.1) is 0 Å². The molecular weight excluding hydrogens is 797 g/mol. The third-order valence-electron chi connectivity index (χ3n) is 13.6. The number of hydrogen-bond acceptors (Lipinski definition) is 1. The lowest BCUT2D eigenvalue weighted by Gasteiger charge is -2.22. The maximum Gasteiger partial charge on any atom is 0.135 e. The van der Waals surface area contributed by atoms with Crippen molar-refractivity contribution in [1.82, 2.24) is 0 Å². The van der Waals surface area contributed by atoms with E-state index in [2.05, 4.69) is 204 Å². The first-order chi connectivity index (χ1) is 31.8. The molecule has 10 rings (SSSR count). The first-order valence-corrected chi connectivity index (χ1v) is 24.4. The predicted octanol–water partition coefficient (Wildman–Crippen LogP) is 19.2. The molecule has 0 aliphatic heterocycles. The van der Waals surface area contributed by atoms with E-state index in [1.165, 1.54) is 104 Å². The van der Waals surface area contributed by atoms with Gasteiger partial charge in [-0.3, -0.25) is 0 Å². The topological polar surface area (TPSA) is 13.1 Å². The third kappa shape index (κ3) is 11.8. The molecule has 0 atom stereocenters. The Labute approximate surface area is 398 Å². The van der Waals surface area contributed by atoms with E-state index in [4.69, 9.17) is 4.42 Å². The minimum Gasteiger partial charge on any atom is -0.456 e. The molecule has 1 aromatic heterocycles. The highest BCUT2D eigenvalue weighted by Gasteiger charge is 2.36. The largest absolute Gasteiger partial charge is 0.456 e. The molecule has 1 fully saturated rings. The Balaban J connectivity index is 0.000000143. The van der Waals surface area contributed by atoms with Crippen molar-refractivity contribution < 1.29 is 4.42 Å². The van der Waals surface area contributed by atoms with Gasteiger partial charge in [0.05, 0.1) is 0 Å². The Hall–Kier alpha value is -6.18. The Morgan fingerprint density at radius 2 is 1.21 bits per heavy atom. The molecule has 8 aromatic rings. The fraction of sp³-hybridized carbons (Fsp3) is 0.292. The lowest BCUT2D eigenvalue weighted by molar-refractivity contribution is 0.443. The van der Waals surface area contributed by atoms with Crippen LogP contribution in [0, 0.1) is 34.6 Å². The van der Waals surface area contributed by atoms with Crippen LogP contribution in [-0.4, -0.2) is 0 Å². The Morgan fingerprint density at radius 1 is 0.591 bits per heavy atom. The van der Waals surface area contributed by atoms with Crippen molar-refractivity contribution in [2.45, 2.75) is 125 Å². The molecule has 0 bridgehead atoms. The standard InChI is InChI=1S/C21H20.C15H16O.C13H18.C9H12.C7H8/c1-13-9-10-17-18(11-13)21(3,4)19-12-14(2)15-7-5-6-8-16(15)20(17)19;1-5-12-13-9-11(10(3)4)7-8-15(13)16-14(12)6-2;1-11-7-9-13(10-8-11)12-5-3-2-4-6-12;1-3-9-7-5-4-6-8(9)2;1-7-5-3-2-4-6-7/h5-12H,1-4H3;5-10H,1-2H2,3-4H3;7-10,12H,2-6H2,1H3;4-7H,3H2,1-2H3;2-6H,1H3. The molecule has 0 spiro atoms. The highest BCUT2D eigenvalue weighted by molar-refractivity contribution is 6.03. The van der Waals surface area contributed by atoms with E-state index in [1.807, 2.05) is 30.3 Å². The van der Waals surface area contributed by atoms with Gasteiger partial charge in [0, 0.05) is 16.4 Å². The molecule has 2 aliphatic carbocycles. The molecule has 7 aromatic carbocycles. The molecule has 0 saturated heterocycles. The normalized spacial score (nSPS) is 13.4. The zero-order valence-corrected chi connectivity index (χ0v) is 41.7. The molecule has 0 N–H and O–H groups in total. The molecular formula is C65H74O. The predicted molar refractivity (Wildman–Crippen MR) is 290 cm³/mol. The summed E-state index contributed by atoms with van der Waals surface area (Å²) in [5, 5.41) is 3.89. The zero-order chi connectivity index (χ0) is 47.4. The van der Waals surface area contributed by atoms with Crippen LogP contribution in [0.2, 0.25) is 0 Å². The number of fused-ring (bicyclic) bond motifs is 6. The average molecular weight is 871 g/mol. The van der Waals surface area contributed by atoms with Gasteiger partial charge in [0.15, 0.2) is 0 Å². The van der Waals surface area contributed by atoms with E-state index in [1.54, 1.807) is 11.6 Å². The van der Waals surface area contributed by atoms with E-state index in [0.717, 1.165) is 34.6 Å². The number of benzene rings is 7. The van der Waals surface area contributed by atoms with Crippen LogP contribution in [0.1, 0.15) is 146 Å². The molecule has 0 radical (unpaired) electrons. The van der Waals surface area contributed by atoms with Gasteiger partial charge in [0.25, 0.3) is 0 Å². The van der Waals surface area contributed by atoms with Crippen molar-refractivity contribution in [3.05, 3.63) is 226 Å². The van der Waals surface area contributed by atoms with Crippen LogP contribution in [0.5, 0.6) is 0 Å². The van der Waals surface area contributed by atoms with Crippen LogP contribution in [0.15, 0.2) is 163 Å². The molecule has 1 heterocycles. The van der Waals surface area contributed by atoms with Gasteiger partial charge in [-0.05, 0) is 145 Å². The highest BCUT2D eigenvalue weighted by Crippen LogP contribution is 2.52. The van der Waals surface area contributed by atoms with E-state index in [-0.39, 0.29) is 5.41 Å². The molecule has 0 unspecified atom stereocenters. The number of aryl methyl sites for hydroxylation is 6. The van der Waals surface area contributed by atoms with Crippen LogP contribution in [0.3, 0.4) is 0 Å². The molecule has 0 amide bonds. The minimum absolute atomic E-state index is 0.0888. The summed E-state index contributed by atoms with van der Waals surface area (Å²) in [5.41, 5.74) is 19.0. The quantitative estimate of drug-likeness (QED) is 0.168. The number of furan rings is 1. The van der Waals surface area contributed by atoms with Gasteiger partial charge >= 0.3 is 0 Å². The van der Waals surface area contributed by atoms with Crippen LogP contribution in [0.4, 0.5) is 0 Å². The molecule has 1 heteroatoms. The fourth-order valence-corrected chi connectivity index (χ4v) is 9.57. The maximum atomic E-state index is 5.68. The average Bonchev–Trinajstić information content (AvgIpc) is 3.81. The van der Waals surface area contributed by atoms with Crippen LogP contribution < -0.4 is 0 Å². The summed E-state index contributed by atoms with van der Waals surface area (Å²) in [6, 6.07) is 52.3. The summed E-state index contributed by atoms with van der Waals surface area (Å²) in [5.74, 6) is 2.17. The molecule has 66 heavy (non-hydrogen) atoms. The van der Waals surface area contributed by atoms with Gasteiger partial charge in [0.1, 0.15) is 11.3 Å². The fourth-order valence-electron chi connectivity index (χ4n) is 9.57. The third-order valence-corrected chi connectivity index (χ3v) is 13.6. The van der Waals surface area contributed by atoms with Crippen molar-refractivity contribution in [2.24, 2.45) is 0 Å². The first kappa shape index (κ1) is 49.3. The van der Waals surface area contributed by atoms with Crippen molar-refractivity contribution in [3.63, 3.8) is 0 Å². The number of rotatable bonds is 5. The zero-order valence-electron chi connectivity index (χ0n) is 41.7. The maximum absolute atomic E-state index is 5.68. The Kier molecular flexibility index (Phi) is 17.0. The van der Waals surface area contributed by atoms with Crippen molar-refractivity contribution in [1.29, 1.82) is 0 Å². The van der Waals surface area contributed by atoms with Gasteiger partial charge in [-0.2, -0.15) is 0 Å². The monoisotopic (exact) mass is 871 g/mol. The Bertz CT molecular complexity index is 2840. The van der Waals surface area contributed by atoms with Gasteiger partial charge in [0.2, 0.25) is 0 Å². The summed E-state index contributed by atoms with van der Waals surface area (Å²) in [4.78, 5) is 0. The molecule has 2 aliphatic rings. The van der Waals surface area contributed by atoms with E-state index in [9.17, 15) is 0 Å². The van der Waals surface area contributed by atoms with Crippen molar-refractivity contribution in [2.75, 3.05) is 0 Å².